The van der Waals surface area contributed by atoms with Crippen molar-refractivity contribution in [2.24, 2.45) is 0 Å². The van der Waals surface area contributed by atoms with Crippen molar-refractivity contribution >= 4 is 37.6 Å². The summed E-state index contributed by atoms with van der Waals surface area (Å²) < 4.78 is 0. The summed E-state index contributed by atoms with van der Waals surface area (Å²) in [5.41, 5.74) is 0. The molecule has 0 spiro atoms. The zero-order valence-corrected chi connectivity index (χ0v) is 5.50. The van der Waals surface area contributed by atoms with Gasteiger partial charge in [0, 0.05) is 8.07 Å². The average molecular weight is 112 g/mol. The van der Waals surface area contributed by atoms with Gasteiger partial charge in [0.15, 0.2) is 0 Å². The van der Waals surface area contributed by atoms with E-state index in [1.807, 2.05) is 0 Å². The van der Waals surface area contributed by atoms with E-state index in [1.165, 1.54) is 0 Å². The summed E-state index contributed by atoms with van der Waals surface area (Å²) in [6.07, 6.45) is 0. The Morgan fingerprint density at radius 3 is 0.833 bits per heavy atom. The first-order valence-electron chi connectivity index (χ1n) is 2.00. The summed E-state index contributed by atoms with van der Waals surface area (Å²) in [6.45, 7) is 9.31. The molecule has 34 valence electrons. The summed E-state index contributed by atoms with van der Waals surface area (Å²) in [7, 11) is -0.611. The van der Waals surface area contributed by atoms with E-state index in [4.69, 9.17) is 0 Å². The Labute approximate surface area is 63.6 Å². The molecule has 0 heterocycles. The van der Waals surface area contributed by atoms with Gasteiger partial charge in [0.05, 0.1) is 0 Å². The van der Waals surface area contributed by atoms with Crippen LogP contribution in [0, 0.1) is 0 Å². The Morgan fingerprint density at radius 1 is 0.833 bits per heavy atom. The Kier molecular flexibility index (Phi) is 5.55. The molecular formula is C4H13NaSi. The molecule has 0 aliphatic heterocycles. The van der Waals surface area contributed by atoms with Crippen LogP contribution in [0.15, 0.2) is 0 Å². The third kappa shape index (κ3) is 62.6. The van der Waals surface area contributed by atoms with Crippen molar-refractivity contribution in [2.75, 3.05) is 0 Å². The first kappa shape index (κ1) is 10.2. The molecule has 0 saturated heterocycles. The molecule has 0 aromatic heterocycles. The van der Waals surface area contributed by atoms with Gasteiger partial charge in [-0.1, -0.05) is 26.2 Å². The normalized spacial score (nSPS) is 10.0. The Balaban J connectivity index is 0. The molecule has 0 atom stereocenters. The Bertz CT molecular complexity index is 23.0. The third-order valence-electron chi connectivity index (χ3n) is 0. The van der Waals surface area contributed by atoms with Gasteiger partial charge in [-0.15, -0.1) is 0 Å². The molecule has 0 aliphatic carbocycles. The first-order chi connectivity index (χ1) is 2.00. The van der Waals surface area contributed by atoms with Gasteiger partial charge >= 0.3 is 29.6 Å². The summed E-state index contributed by atoms with van der Waals surface area (Å²) in [5, 5.41) is 0. The molecule has 0 radical (unpaired) electrons. The predicted molar refractivity (Wildman–Crippen MR) is 36.4 cm³/mol. The quantitative estimate of drug-likeness (QED) is 0.414. The van der Waals surface area contributed by atoms with Gasteiger partial charge < -0.3 is 0 Å². The summed E-state index contributed by atoms with van der Waals surface area (Å²) in [4.78, 5) is 0. The number of hydrogen-bond acceptors (Lipinski definition) is 0. The maximum absolute atomic E-state index is 2.33. The minimum absolute atomic E-state index is 0. The fourth-order valence-electron chi connectivity index (χ4n) is 0. The van der Waals surface area contributed by atoms with E-state index in [1.54, 1.807) is 0 Å². The summed E-state index contributed by atoms with van der Waals surface area (Å²) >= 11 is 0. The van der Waals surface area contributed by atoms with Gasteiger partial charge in [-0.3, -0.25) is 0 Å². The average Bonchev–Trinajstić information content (AvgIpc) is 0.722. The van der Waals surface area contributed by atoms with Crippen LogP contribution in [0.2, 0.25) is 26.2 Å². The second-order valence-corrected chi connectivity index (χ2v) is 9.00. The van der Waals surface area contributed by atoms with Crippen molar-refractivity contribution in [3.63, 3.8) is 0 Å². The van der Waals surface area contributed by atoms with Crippen LogP contribution in [0.3, 0.4) is 0 Å². The van der Waals surface area contributed by atoms with Gasteiger partial charge in [0.25, 0.3) is 0 Å². The van der Waals surface area contributed by atoms with Gasteiger partial charge in [-0.25, -0.2) is 0 Å². The van der Waals surface area contributed by atoms with Gasteiger partial charge in [-0.2, -0.15) is 0 Å². The molecule has 0 rings (SSSR count). The summed E-state index contributed by atoms with van der Waals surface area (Å²) in [6, 6.07) is 0. The number of hydrogen-bond donors (Lipinski definition) is 0. The Morgan fingerprint density at radius 2 is 0.833 bits per heavy atom. The van der Waals surface area contributed by atoms with E-state index in [-0.39, 0.29) is 29.6 Å². The van der Waals surface area contributed by atoms with Gasteiger partial charge in [0.2, 0.25) is 0 Å². The van der Waals surface area contributed by atoms with Crippen molar-refractivity contribution in [3.05, 3.63) is 0 Å². The van der Waals surface area contributed by atoms with Crippen molar-refractivity contribution in [2.45, 2.75) is 26.2 Å². The van der Waals surface area contributed by atoms with Crippen LogP contribution >= 0.6 is 0 Å². The molecule has 0 saturated carbocycles. The van der Waals surface area contributed by atoms with E-state index in [2.05, 4.69) is 26.2 Å². The zero-order valence-electron chi connectivity index (χ0n) is 4.50. The molecule has 0 nitrogen and oxygen atoms in total. The SMILES string of the molecule is C[Si](C)(C)C.[NaH]. The van der Waals surface area contributed by atoms with Crippen LogP contribution in [0.25, 0.3) is 0 Å². The standard InChI is InChI=1S/C4H12Si.Na.H/c1-5(2,3)4;;/h1-4H3;;. The van der Waals surface area contributed by atoms with E-state index in [0.29, 0.717) is 0 Å². The number of rotatable bonds is 0. The molecule has 0 N–H and O–H groups in total. The van der Waals surface area contributed by atoms with Crippen LogP contribution < -0.4 is 0 Å². The van der Waals surface area contributed by atoms with Crippen molar-refractivity contribution in [1.29, 1.82) is 0 Å². The predicted octanol–water partition coefficient (Wildman–Crippen LogP) is 1.31. The molecule has 0 amide bonds. The second-order valence-electron chi connectivity index (χ2n) is 3.00. The van der Waals surface area contributed by atoms with Crippen LogP contribution in [-0.4, -0.2) is 37.6 Å². The van der Waals surface area contributed by atoms with Crippen LogP contribution in [0.4, 0.5) is 0 Å². The molecule has 0 unspecified atom stereocenters. The Hall–Kier alpha value is 1.22. The van der Waals surface area contributed by atoms with Crippen molar-refractivity contribution < 1.29 is 0 Å². The topological polar surface area (TPSA) is 0 Å². The molecule has 2 heteroatoms. The van der Waals surface area contributed by atoms with E-state index < -0.39 is 8.07 Å². The fourth-order valence-corrected chi connectivity index (χ4v) is 0. The van der Waals surface area contributed by atoms with Crippen LogP contribution in [-0.2, 0) is 0 Å². The van der Waals surface area contributed by atoms with E-state index in [0.717, 1.165) is 0 Å². The fraction of sp³-hybridized carbons (Fsp3) is 1.00. The van der Waals surface area contributed by atoms with Gasteiger partial charge in [0.1, 0.15) is 0 Å². The molecule has 0 aliphatic rings. The van der Waals surface area contributed by atoms with Crippen molar-refractivity contribution in [1.82, 2.24) is 0 Å². The monoisotopic (exact) mass is 112 g/mol. The molecule has 0 bridgehead atoms. The van der Waals surface area contributed by atoms with Crippen LogP contribution in [0.1, 0.15) is 0 Å². The second kappa shape index (κ2) is 3.25. The van der Waals surface area contributed by atoms with E-state index in [9.17, 15) is 0 Å². The first-order valence-corrected chi connectivity index (χ1v) is 6.00. The minimum atomic E-state index is -0.611. The summed E-state index contributed by atoms with van der Waals surface area (Å²) in [5.74, 6) is 0. The molecule has 0 aromatic carbocycles. The van der Waals surface area contributed by atoms with E-state index >= 15 is 0 Å². The molecule has 6 heavy (non-hydrogen) atoms. The van der Waals surface area contributed by atoms with Gasteiger partial charge in [-0.05, 0) is 0 Å². The molecule has 0 fully saturated rings. The van der Waals surface area contributed by atoms with Crippen molar-refractivity contribution in [3.8, 4) is 0 Å². The van der Waals surface area contributed by atoms with Crippen LogP contribution in [0.5, 0.6) is 0 Å². The maximum atomic E-state index is 2.33. The molecule has 0 aromatic rings. The molecular weight excluding hydrogens is 99.1 g/mol. The zero-order chi connectivity index (χ0) is 4.50. The third-order valence-corrected chi connectivity index (χ3v) is 0.